The Morgan fingerprint density at radius 1 is 1.27 bits per heavy atom. The zero-order valence-electron chi connectivity index (χ0n) is 12.6. The van der Waals surface area contributed by atoms with Crippen LogP contribution in [0.5, 0.6) is 0 Å². The van der Waals surface area contributed by atoms with Crippen LogP contribution in [0.4, 0.5) is 5.69 Å². The quantitative estimate of drug-likeness (QED) is 0.634. The molecule has 5 nitrogen and oxygen atoms in total. The van der Waals surface area contributed by atoms with Crippen LogP contribution in [0.25, 0.3) is 0 Å². The number of amides is 1. The summed E-state index contributed by atoms with van der Waals surface area (Å²) in [6.45, 7) is 4.02. The molecule has 0 saturated carbocycles. The number of anilines is 1. The van der Waals surface area contributed by atoms with Gasteiger partial charge in [-0.3, -0.25) is 9.59 Å². The molecule has 2 rings (SSSR count). The smallest absolute Gasteiger partial charge is 0.251 e. The second-order valence-electron chi connectivity index (χ2n) is 4.79. The lowest BCUT2D eigenvalue weighted by Gasteiger charge is -2.14. The Bertz CT molecular complexity index is 682. The first-order valence-electron chi connectivity index (χ1n) is 7.24. The summed E-state index contributed by atoms with van der Waals surface area (Å²) in [4.78, 5) is 30.3. The van der Waals surface area contributed by atoms with E-state index >= 15 is 0 Å². The summed E-state index contributed by atoms with van der Waals surface area (Å²) >= 11 is 1.26. The third-order valence-corrected chi connectivity index (χ3v) is 4.46. The molecule has 116 valence electrons. The molecule has 1 aromatic carbocycles. The van der Waals surface area contributed by atoms with Crippen molar-refractivity contribution in [2.45, 2.75) is 37.1 Å². The third-order valence-electron chi connectivity index (χ3n) is 3.19. The molecule has 6 heteroatoms. The van der Waals surface area contributed by atoms with Crippen molar-refractivity contribution < 1.29 is 4.79 Å². The number of thioether (sulfide) groups is 1. The first-order valence-corrected chi connectivity index (χ1v) is 8.12. The second-order valence-corrected chi connectivity index (χ2v) is 5.99. The van der Waals surface area contributed by atoms with Crippen molar-refractivity contribution >= 4 is 23.4 Å². The number of carbonyl (C=O) groups is 1. The molecule has 2 N–H and O–H groups in total. The van der Waals surface area contributed by atoms with E-state index in [1.165, 1.54) is 29.6 Å². The van der Waals surface area contributed by atoms with E-state index in [9.17, 15) is 9.59 Å². The van der Waals surface area contributed by atoms with Gasteiger partial charge in [-0.25, -0.2) is 4.98 Å². The van der Waals surface area contributed by atoms with Crippen LogP contribution < -0.4 is 10.9 Å². The average Bonchev–Trinajstić information content (AvgIpc) is 2.53. The number of H-pyrrole nitrogens is 1. The van der Waals surface area contributed by atoms with Crippen LogP contribution in [0.15, 0.2) is 46.5 Å². The molecule has 1 amide bonds. The minimum Gasteiger partial charge on any atom is -0.325 e. The number of benzene rings is 1. The number of nitrogens with one attached hydrogen (secondary N) is 2. The van der Waals surface area contributed by atoms with E-state index in [1.807, 2.05) is 31.2 Å². The highest BCUT2D eigenvalue weighted by Gasteiger charge is 2.19. The number of hydrogen-bond donors (Lipinski definition) is 2. The van der Waals surface area contributed by atoms with Gasteiger partial charge in [-0.15, -0.1) is 0 Å². The molecule has 0 aliphatic carbocycles. The minimum atomic E-state index is -0.309. The van der Waals surface area contributed by atoms with Gasteiger partial charge in [-0.2, -0.15) is 0 Å². The van der Waals surface area contributed by atoms with Gasteiger partial charge in [0.15, 0.2) is 5.16 Å². The summed E-state index contributed by atoms with van der Waals surface area (Å²) in [6, 6.07) is 9.15. The summed E-state index contributed by atoms with van der Waals surface area (Å²) in [6.07, 6.45) is 3.05. The van der Waals surface area contributed by atoms with Gasteiger partial charge in [0.05, 0.1) is 5.25 Å². The molecule has 1 heterocycles. The lowest BCUT2D eigenvalue weighted by Crippen LogP contribution is -2.25. The molecular formula is C16H19N3O2S. The Balaban J connectivity index is 2.03. The normalized spacial score (nSPS) is 11.9. The molecule has 1 atom stereocenters. The second kappa shape index (κ2) is 7.79. The van der Waals surface area contributed by atoms with Gasteiger partial charge in [0, 0.05) is 18.0 Å². The average molecular weight is 317 g/mol. The van der Waals surface area contributed by atoms with E-state index in [0.29, 0.717) is 11.6 Å². The molecule has 1 aromatic heterocycles. The van der Waals surface area contributed by atoms with Crippen molar-refractivity contribution in [3.8, 4) is 0 Å². The van der Waals surface area contributed by atoms with E-state index in [1.54, 1.807) is 0 Å². The first-order chi connectivity index (χ1) is 10.6. The van der Waals surface area contributed by atoms with E-state index in [4.69, 9.17) is 0 Å². The molecular weight excluding hydrogens is 298 g/mol. The van der Waals surface area contributed by atoms with E-state index in [0.717, 1.165) is 12.1 Å². The Morgan fingerprint density at radius 2 is 2.00 bits per heavy atom. The predicted octanol–water partition coefficient (Wildman–Crippen LogP) is 2.84. The largest absolute Gasteiger partial charge is 0.325 e. The maximum atomic E-state index is 12.3. The molecule has 0 aliphatic heterocycles. The van der Waals surface area contributed by atoms with E-state index in [2.05, 4.69) is 22.2 Å². The SMILES string of the molecule is CCc1ccc(NC(=O)C(CC)Sc2nccc(=O)[nH]2)cc1. The highest BCUT2D eigenvalue weighted by molar-refractivity contribution is 8.00. The van der Waals surface area contributed by atoms with Crippen LogP contribution in [0, 0.1) is 0 Å². The number of rotatable bonds is 6. The van der Waals surface area contributed by atoms with Crippen LogP contribution in [-0.2, 0) is 11.2 Å². The molecule has 2 aromatic rings. The van der Waals surface area contributed by atoms with Crippen molar-refractivity contribution in [3.05, 3.63) is 52.4 Å². The molecule has 22 heavy (non-hydrogen) atoms. The summed E-state index contributed by atoms with van der Waals surface area (Å²) in [5, 5.41) is 3.05. The molecule has 0 spiro atoms. The molecule has 0 saturated heterocycles. The van der Waals surface area contributed by atoms with Crippen molar-refractivity contribution in [3.63, 3.8) is 0 Å². The van der Waals surface area contributed by atoms with Gasteiger partial charge in [0.1, 0.15) is 0 Å². The van der Waals surface area contributed by atoms with Crippen molar-refractivity contribution in [2.75, 3.05) is 5.32 Å². The van der Waals surface area contributed by atoms with Gasteiger partial charge in [0.25, 0.3) is 5.56 Å². The van der Waals surface area contributed by atoms with Gasteiger partial charge >= 0.3 is 0 Å². The Kier molecular flexibility index (Phi) is 5.77. The third kappa shape index (κ3) is 4.46. The van der Waals surface area contributed by atoms with Crippen molar-refractivity contribution in [2.24, 2.45) is 0 Å². The number of aromatic amines is 1. The Hall–Kier alpha value is -2.08. The van der Waals surface area contributed by atoms with Crippen LogP contribution in [0.3, 0.4) is 0 Å². The maximum Gasteiger partial charge on any atom is 0.251 e. The van der Waals surface area contributed by atoms with Gasteiger partial charge < -0.3 is 10.3 Å². The van der Waals surface area contributed by atoms with Crippen LogP contribution in [0.2, 0.25) is 0 Å². The van der Waals surface area contributed by atoms with E-state index in [-0.39, 0.29) is 16.7 Å². The lowest BCUT2D eigenvalue weighted by atomic mass is 10.1. The van der Waals surface area contributed by atoms with Gasteiger partial charge in [-0.1, -0.05) is 37.7 Å². The van der Waals surface area contributed by atoms with Crippen LogP contribution >= 0.6 is 11.8 Å². The zero-order chi connectivity index (χ0) is 15.9. The maximum absolute atomic E-state index is 12.3. The number of aromatic nitrogens is 2. The highest BCUT2D eigenvalue weighted by atomic mass is 32.2. The number of hydrogen-bond acceptors (Lipinski definition) is 4. The monoisotopic (exact) mass is 317 g/mol. The zero-order valence-corrected chi connectivity index (χ0v) is 13.4. The highest BCUT2D eigenvalue weighted by Crippen LogP contribution is 2.22. The van der Waals surface area contributed by atoms with Crippen molar-refractivity contribution in [1.29, 1.82) is 0 Å². The summed E-state index contributed by atoms with van der Waals surface area (Å²) in [5.41, 5.74) is 1.78. The van der Waals surface area contributed by atoms with Crippen LogP contribution in [0.1, 0.15) is 25.8 Å². The first kappa shape index (κ1) is 16.3. The predicted molar refractivity (Wildman–Crippen MR) is 89.2 cm³/mol. The van der Waals surface area contributed by atoms with Crippen molar-refractivity contribution in [1.82, 2.24) is 9.97 Å². The molecule has 1 unspecified atom stereocenters. The summed E-state index contributed by atoms with van der Waals surface area (Å²) in [5.74, 6) is -0.0942. The Morgan fingerprint density at radius 3 is 2.59 bits per heavy atom. The number of aryl methyl sites for hydroxylation is 1. The topological polar surface area (TPSA) is 74.8 Å². The summed E-state index contributed by atoms with van der Waals surface area (Å²) < 4.78 is 0. The standard InChI is InChI=1S/C16H19N3O2S/c1-3-11-5-7-12(8-6-11)18-15(21)13(4-2)22-16-17-10-9-14(20)19-16/h5-10,13H,3-4H2,1-2H3,(H,18,21)(H,17,19,20). The number of nitrogens with zero attached hydrogens (tertiary/aromatic N) is 1. The fraction of sp³-hybridized carbons (Fsp3) is 0.312. The molecule has 0 aliphatic rings. The fourth-order valence-electron chi connectivity index (χ4n) is 1.92. The van der Waals surface area contributed by atoms with E-state index < -0.39 is 0 Å². The molecule has 0 radical (unpaired) electrons. The van der Waals surface area contributed by atoms with Crippen LogP contribution in [-0.4, -0.2) is 21.1 Å². The van der Waals surface area contributed by atoms with Gasteiger partial charge in [0.2, 0.25) is 5.91 Å². The molecule has 0 bridgehead atoms. The number of carbonyl (C=O) groups excluding carboxylic acids is 1. The van der Waals surface area contributed by atoms with Gasteiger partial charge in [-0.05, 0) is 30.5 Å². The fourth-order valence-corrected chi connectivity index (χ4v) is 2.80. The summed E-state index contributed by atoms with van der Waals surface area (Å²) in [7, 11) is 0. The lowest BCUT2D eigenvalue weighted by molar-refractivity contribution is -0.115. The minimum absolute atomic E-state index is 0.0942. The molecule has 0 fully saturated rings. The Labute approximate surface area is 133 Å².